The van der Waals surface area contributed by atoms with Crippen LogP contribution in [0, 0.1) is 6.92 Å². The number of rotatable bonds is 3. The molecule has 2 aromatic rings. The lowest BCUT2D eigenvalue weighted by Gasteiger charge is -2.31. The first-order valence-electron chi connectivity index (χ1n) is 7.86. The molecule has 0 aliphatic carbocycles. The third-order valence-electron chi connectivity index (χ3n) is 4.08. The number of carbonyl (C=O) groups is 1. The Labute approximate surface area is 142 Å². The van der Waals surface area contributed by atoms with E-state index in [4.69, 9.17) is 0 Å². The minimum Gasteiger partial charge on any atom is -0.406 e. The zero-order valence-electron chi connectivity index (χ0n) is 13.5. The van der Waals surface area contributed by atoms with Crippen LogP contribution in [0.4, 0.5) is 13.2 Å². The average molecular weight is 354 g/mol. The Morgan fingerprint density at radius 2 is 2.04 bits per heavy atom. The number of amides is 1. The molecule has 0 radical (unpaired) electrons. The highest BCUT2D eigenvalue weighted by molar-refractivity contribution is 5.94. The second-order valence-electron chi connectivity index (χ2n) is 5.92. The van der Waals surface area contributed by atoms with Crippen LogP contribution in [0.1, 0.15) is 40.8 Å². The number of alkyl halides is 3. The fourth-order valence-corrected chi connectivity index (χ4v) is 2.89. The monoisotopic (exact) mass is 354 g/mol. The third-order valence-corrected chi connectivity index (χ3v) is 4.08. The van der Waals surface area contributed by atoms with Gasteiger partial charge < -0.3 is 9.64 Å². The number of piperidine rings is 1. The molecule has 0 saturated carbocycles. The van der Waals surface area contributed by atoms with Crippen molar-refractivity contribution in [1.29, 1.82) is 0 Å². The summed E-state index contributed by atoms with van der Waals surface area (Å²) < 4.78 is 40.8. The van der Waals surface area contributed by atoms with Gasteiger partial charge in [-0.15, -0.1) is 13.2 Å². The molecule has 0 bridgehead atoms. The molecule has 1 aromatic carbocycles. The van der Waals surface area contributed by atoms with Gasteiger partial charge in [-0.1, -0.05) is 6.07 Å². The fraction of sp³-hybridized carbons (Fsp3) is 0.438. The lowest BCUT2D eigenvalue weighted by Crippen LogP contribution is -2.38. The van der Waals surface area contributed by atoms with Crippen molar-refractivity contribution in [3.05, 3.63) is 41.5 Å². The predicted octanol–water partition coefficient (Wildman–Crippen LogP) is 3.03. The molecule has 1 aromatic heterocycles. The number of carbonyl (C=O) groups excluding carboxylic acids is 1. The first-order valence-corrected chi connectivity index (χ1v) is 7.86. The number of aromatic amines is 1. The van der Waals surface area contributed by atoms with E-state index < -0.39 is 12.1 Å². The van der Waals surface area contributed by atoms with Gasteiger partial charge in [0.25, 0.3) is 5.91 Å². The largest absolute Gasteiger partial charge is 0.573 e. The molecular formula is C16H17F3N4O2. The first-order chi connectivity index (χ1) is 11.8. The van der Waals surface area contributed by atoms with Crippen molar-refractivity contribution in [3.8, 4) is 5.75 Å². The van der Waals surface area contributed by atoms with Crippen molar-refractivity contribution in [2.24, 2.45) is 0 Å². The molecular weight excluding hydrogens is 337 g/mol. The smallest absolute Gasteiger partial charge is 0.406 e. The number of aryl methyl sites for hydroxylation is 1. The molecule has 2 heterocycles. The number of H-pyrrole nitrogens is 1. The van der Waals surface area contributed by atoms with E-state index in [-0.39, 0.29) is 17.4 Å². The number of likely N-dealkylation sites (tertiary alicyclic amines) is 1. The molecule has 0 spiro atoms. The van der Waals surface area contributed by atoms with Gasteiger partial charge in [-0.3, -0.25) is 9.89 Å². The zero-order valence-corrected chi connectivity index (χ0v) is 13.5. The summed E-state index contributed by atoms with van der Waals surface area (Å²) >= 11 is 0. The molecule has 6 nitrogen and oxygen atoms in total. The number of ether oxygens (including phenoxy) is 1. The van der Waals surface area contributed by atoms with Gasteiger partial charge in [0.1, 0.15) is 11.6 Å². The molecule has 9 heteroatoms. The van der Waals surface area contributed by atoms with Crippen LogP contribution < -0.4 is 4.74 Å². The average Bonchev–Trinajstić information content (AvgIpc) is 2.99. The quantitative estimate of drug-likeness (QED) is 0.920. The van der Waals surface area contributed by atoms with Crippen LogP contribution >= 0.6 is 0 Å². The summed E-state index contributed by atoms with van der Waals surface area (Å²) in [5.41, 5.74) is 0.175. The maximum atomic E-state index is 12.5. The summed E-state index contributed by atoms with van der Waals surface area (Å²) in [5, 5.41) is 6.95. The second kappa shape index (κ2) is 6.73. The molecule has 1 saturated heterocycles. The summed E-state index contributed by atoms with van der Waals surface area (Å²) in [6.07, 6.45) is -3.36. The lowest BCUT2D eigenvalue weighted by molar-refractivity contribution is -0.274. The van der Waals surface area contributed by atoms with Crippen molar-refractivity contribution in [1.82, 2.24) is 20.1 Å². The summed E-state index contributed by atoms with van der Waals surface area (Å²) in [6, 6.07) is 5.14. The highest BCUT2D eigenvalue weighted by atomic mass is 19.4. The maximum absolute atomic E-state index is 12.5. The van der Waals surface area contributed by atoms with Crippen molar-refractivity contribution < 1.29 is 22.7 Å². The number of benzene rings is 1. The van der Waals surface area contributed by atoms with Gasteiger partial charge in [0.05, 0.1) is 0 Å². The lowest BCUT2D eigenvalue weighted by atomic mass is 9.95. The van der Waals surface area contributed by atoms with E-state index in [0.717, 1.165) is 17.7 Å². The fourth-order valence-electron chi connectivity index (χ4n) is 2.89. The van der Waals surface area contributed by atoms with Crippen LogP contribution in [0.15, 0.2) is 24.3 Å². The molecule has 25 heavy (non-hydrogen) atoms. The number of nitrogens with zero attached hydrogens (tertiary/aromatic N) is 3. The summed E-state index contributed by atoms with van der Waals surface area (Å²) in [4.78, 5) is 18.5. The Morgan fingerprint density at radius 3 is 2.64 bits per heavy atom. The molecule has 0 unspecified atom stereocenters. The second-order valence-corrected chi connectivity index (χ2v) is 5.92. The van der Waals surface area contributed by atoms with Gasteiger partial charge in [0.2, 0.25) is 0 Å². The predicted molar refractivity (Wildman–Crippen MR) is 82.1 cm³/mol. The van der Waals surface area contributed by atoms with E-state index in [9.17, 15) is 18.0 Å². The van der Waals surface area contributed by atoms with E-state index >= 15 is 0 Å². The molecule has 1 aliphatic rings. The Bertz CT molecular complexity index is 752. The van der Waals surface area contributed by atoms with Crippen molar-refractivity contribution in [3.63, 3.8) is 0 Å². The van der Waals surface area contributed by atoms with E-state index in [1.54, 1.807) is 4.90 Å². The first kappa shape index (κ1) is 17.2. The maximum Gasteiger partial charge on any atom is 0.573 e. The third kappa shape index (κ3) is 4.28. The Balaban J connectivity index is 1.63. The van der Waals surface area contributed by atoms with Crippen LogP contribution in [-0.4, -0.2) is 45.4 Å². The molecule has 1 fully saturated rings. The topological polar surface area (TPSA) is 71.1 Å². The number of hydrogen-bond donors (Lipinski definition) is 1. The summed E-state index contributed by atoms with van der Waals surface area (Å²) in [6.45, 7) is 2.83. The van der Waals surface area contributed by atoms with Crippen LogP contribution in [0.3, 0.4) is 0 Å². The van der Waals surface area contributed by atoms with Crippen molar-refractivity contribution in [2.45, 2.75) is 32.0 Å². The highest BCUT2D eigenvalue weighted by Gasteiger charge is 2.32. The molecule has 134 valence electrons. The van der Waals surface area contributed by atoms with Gasteiger partial charge in [0.15, 0.2) is 5.82 Å². The zero-order chi connectivity index (χ0) is 18.0. The highest BCUT2D eigenvalue weighted by Crippen LogP contribution is 2.28. The van der Waals surface area contributed by atoms with E-state index in [1.165, 1.54) is 18.2 Å². The Morgan fingerprint density at radius 1 is 1.32 bits per heavy atom. The van der Waals surface area contributed by atoms with Crippen LogP contribution in [0.2, 0.25) is 0 Å². The Hall–Kier alpha value is -2.58. The van der Waals surface area contributed by atoms with E-state index in [2.05, 4.69) is 19.9 Å². The minimum atomic E-state index is -4.78. The van der Waals surface area contributed by atoms with Gasteiger partial charge in [-0.25, -0.2) is 4.98 Å². The van der Waals surface area contributed by atoms with Crippen LogP contribution in [0.5, 0.6) is 5.75 Å². The van der Waals surface area contributed by atoms with Gasteiger partial charge in [0, 0.05) is 24.6 Å². The minimum absolute atomic E-state index is 0.175. The van der Waals surface area contributed by atoms with E-state index in [1.807, 2.05) is 6.92 Å². The Kier molecular flexibility index (Phi) is 4.65. The van der Waals surface area contributed by atoms with Crippen LogP contribution in [-0.2, 0) is 0 Å². The number of nitrogens with one attached hydrogen (secondary N) is 1. The van der Waals surface area contributed by atoms with Crippen molar-refractivity contribution >= 4 is 5.91 Å². The normalized spacial score (nSPS) is 16.1. The summed E-state index contributed by atoms with van der Waals surface area (Å²) in [7, 11) is 0. The molecule has 1 aliphatic heterocycles. The number of aromatic nitrogens is 3. The van der Waals surface area contributed by atoms with Gasteiger partial charge in [-0.05, 0) is 38.0 Å². The molecule has 3 rings (SSSR count). The van der Waals surface area contributed by atoms with Crippen molar-refractivity contribution in [2.75, 3.05) is 13.1 Å². The molecule has 1 N–H and O–H groups in total. The van der Waals surface area contributed by atoms with Gasteiger partial charge in [-0.2, -0.15) is 5.10 Å². The summed E-state index contributed by atoms with van der Waals surface area (Å²) in [5.74, 6) is 0.954. The number of hydrogen-bond acceptors (Lipinski definition) is 4. The number of halogens is 3. The SMILES string of the molecule is Cc1nc(C2CCN(C(=O)c3cccc(OC(F)(F)F)c3)CC2)n[nH]1. The van der Waals surface area contributed by atoms with E-state index in [0.29, 0.717) is 25.9 Å². The van der Waals surface area contributed by atoms with Crippen LogP contribution in [0.25, 0.3) is 0 Å². The molecule has 0 atom stereocenters. The standard InChI is InChI=1S/C16H17F3N4O2/c1-10-20-14(22-21-10)11-5-7-23(8-6-11)15(24)12-3-2-4-13(9-12)25-16(17,18)19/h2-4,9,11H,5-8H2,1H3,(H,20,21,22). The molecule has 1 amide bonds. The van der Waals surface area contributed by atoms with Gasteiger partial charge >= 0.3 is 6.36 Å².